The van der Waals surface area contributed by atoms with E-state index >= 15 is 0 Å². The monoisotopic (exact) mass is 253 g/mol. The molecule has 1 aromatic rings. The first kappa shape index (κ1) is 13.5. The zero-order valence-electron chi connectivity index (χ0n) is 10.7. The lowest BCUT2D eigenvalue weighted by atomic mass is 10.0. The van der Waals surface area contributed by atoms with Crippen molar-refractivity contribution in [3.63, 3.8) is 0 Å². The van der Waals surface area contributed by atoms with Gasteiger partial charge in [-0.05, 0) is 24.0 Å². The van der Waals surface area contributed by atoms with E-state index in [4.69, 9.17) is 15.2 Å². The maximum Gasteiger partial charge on any atom is 0.146 e. The van der Waals surface area contributed by atoms with E-state index in [2.05, 4.69) is 0 Å². The van der Waals surface area contributed by atoms with Crippen LogP contribution >= 0.6 is 0 Å². The molecule has 0 saturated heterocycles. The van der Waals surface area contributed by atoms with Gasteiger partial charge in [-0.25, -0.2) is 4.39 Å². The minimum atomic E-state index is -0.255. The number of rotatable bonds is 7. The van der Waals surface area contributed by atoms with Crippen LogP contribution in [0.5, 0.6) is 0 Å². The molecule has 4 heteroatoms. The first-order valence-corrected chi connectivity index (χ1v) is 6.31. The minimum Gasteiger partial charge on any atom is -0.359 e. The van der Waals surface area contributed by atoms with Gasteiger partial charge in [0.15, 0.2) is 0 Å². The topological polar surface area (TPSA) is 44.5 Å². The fourth-order valence-corrected chi connectivity index (χ4v) is 1.99. The first-order valence-electron chi connectivity index (χ1n) is 6.31. The molecule has 2 rings (SSSR count). The molecule has 1 fully saturated rings. The highest BCUT2D eigenvalue weighted by molar-refractivity contribution is 5.26. The van der Waals surface area contributed by atoms with Gasteiger partial charge in [-0.15, -0.1) is 0 Å². The Morgan fingerprint density at radius 1 is 1.44 bits per heavy atom. The van der Waals surface area contributed by atoms with Crippen molar-refractivity contribution in [2.24, 2.45) is 11.7 Å². The van der Waals surface area contributed by atoms with E-state index in [9.17, 15) is 4.39 Å². The van der Waals surface area contributed by atoms with Gasteiger partial charge >= 0.3 is 0 Å². The molecule has 1 aromatic carbocycles. The number of benzene rings is 1. The largest absolute Gasteiger partial charge is 0.359 e. The summed E-state index contributed by atoms with van der Waals surface area (Å²) in [5, 5.41) is 0. The molecule has 0 unspecified atom stereocenters. The molecule has 1 aliphatic rings. The van der Waals surface area contributed by atoms with Gasteiger partial charge in [0, 0.05) is 18.7 Å². The van der Waals surface area contributed by atoms with E-state index in [1.54, 1.807) is 6.07 Å². The highest BCUT2D eigenvalue weighted by Crippen LogP contribution is 2.36. The fraction of sp³-hybridized carbons (Fsp3) is 0.571. The average molecular weight is 253 g/mol. The van der Waals surface area contributed by atoms with Gasteiger partial charge in [0.05, 0.1) is 6.61 Å². The maximum atomic E-state index is 13.8. The van der Waals surface area contributed by atoms with Crippen LogP contribution < -0.4 is 5.73 Å². The van der Waals surface area contributed by atoms with Crippen LogP contribution in [0, 0.1) is 11.7 Å². The lowest BCUT2D eigenvalue weighted by Gasteiger charge is -2.13. The molecule has 0 bridgehead atoms. The number of methoxy groups -OCH3 is 1. The zero-order chi connectivity index (χ0) is 13.0. The highest BCUT2D eigenvalue weighted by atomic mass is 19.1. The molecule has 1 atom stereocenters. The number of ether oxygens (including phenoxy) is 2. The minimum absolute atomic E-state index is 0.0547. The summed E-state index contributed by atoms with van der Waals surface area (Å²) in [6.45, 7) is 0.389. The lowest BCUT2D eigenvalue weighted by Crippen LogP contribution is -2.11. The second-order valence-corrected chi connectivity index (χ2v) is 4.89. The van der Waals surface area contributed by atoms with Crippen molar-refractivity contribution >= 4 is 0 Å². The Kier molecular flexibility index (Phi) is 4.69. The van der Waals surface area contributed by atoms with Crippen LogP contribution in [0.25, 0.3) is 0 Å². The van der Waals surface area contributed by atoms with Crippen LogP contribution in [-0.4, -0.2) is 13.9 Å². The van der Waals surface area contributed by atoms with E-state index in [1.165, 1.54) is 26.0 Å². The summed E-state index contributed by atoms with van der Waals surface area (Å²) in [4.78, 5) is 0. The van der Waals surface area contributed by atoms with Gasteiger partial charge < -0.3 is 15.2 Å². The third-order valence-electron chi connectivity index (χ3n) is 3.25. The summed E-state index contributed by atoms with van der Waals surface area (Å²) in [6, 6.07) is 5.11. The molecule has 100 valence electrons. The lowest BCUT2D eigenvalue weighted by molar-refractivity contribution is -0.0398. The molecule has 0 aromatic heterocycles. The quantitative estimate of drug-likeness (QED) is 0.600. The Labute approximate surface area is 107 Å². The van der Waals surface area contributed by atoms with Crippen molar-refractivity contribution in [1.29, 1.82) is 0 Å². The summed E-state index contributed by atoms with van der Waals surface area (Å²) in [7, 11) is 1.54. The number of halogens is 1. The SMILES string of the molecule is COCOCc1ccc([C@@H](N)CC2CC2)cc1F. The summed E-state index contributed by atoms with van der Waals surface area (Å²) < 4.78 is 23.7. The molecular formula is C14H20FNO2. The van der Waals surface area contributed by atoms with Gasteiger partial charge in [-0.2, -0.15) is 0 Å². The predicted octanol–water partition coefficient (Wildman–Crippen LogP) is 2.75. The Morgan fingerprint density at radius 2 is 2.22 bits per heavy atom. The Bertz CT molecular complexity index is 393. The second kappa shape index (κ2) is 6.27. The molecule has 3 nitrogen and oxygen atoms in total. The van der Waals surface area contributed by atoms with Gasteiger partial charge in [-0.1, -0.05) is 25.0 Å². The van der Waals surface area contributed by atoms with Crippen molar-refractivity contribution in [2.75, 3.05) is 13.9 Å². The Morgan fingerprint density at radius 3 is 2.83 bits per heavy atom. The van der Waals surface area contributed by atoms with Crippen LogP contribution in [-0.2, 0) is 16.1 Å². The van der Waals surface area contributed by atoms with Crippen LogP contribution in [0.4, 0.5) is 4.39 Å². The third kappa shape index (κ3) is 3.77. The average Bonchev–Trinajstić information content (AvgIpc) is 3.15. The molecule has 0 spiro atoms. The summed E-state index contributed by atoms with van der Waals surface area (Å²) >= 11 is 0. The van der Waals surface area contributed by atoms with E-state index < -0.39 is 0 Å². The van der Waals surface area contributed by atoms with Crippen molar-refractivity contribution in [3.05, 3.63) is 35.1 Å². The van der Waals surface area contributed by atoms with Gasteiger partial charge in [0.25, 0.3) is 0 Å². The van der Waals surface area contributed by atoms with Crippen molar-refractivity contribution in [2.45, 2.75) is 31.9 Å². The summed E-state index contributed by atoms with van der Waals surface area (Å²) in [6.07, 6.45) is 3.48. The van der Waals surface area contributed by atoms with Gasteiger partial charge in [0.1, 0.15) is 12.6 Å². The highest BCUT2D eigenvalue weighted by Gasteiger charge is 2.24. The Hall–Kier alpha value is -0.970. The number of hydrogen-bond acceptors (Lipinski definition) is 3. The van der Waals surface area contributed by atoms with Gasteiger partial charge in [0.2, 0.25) is 0 Å². The molecular weight excluding hydrogens is 233 g/mol. The van der Waals surface area contributed by atoms with E-state index in [1.807, 2.05) is 6.07 Å². The van der Waals surface area contributed by atoms with Crippen LogP contribution in [0.15, 0.2) is 18.2 Å². The van der Waals surface area contributed by atoms with E-state index in [0.29, 0.717) is 5.56 Å². The van der Waals surface area contributed by atoms with Crippen molar-refractivity contribution in [3.8, 4) is 0 Å². The van der Waals surface area contributed by atoms with E-state index in [0.717, 1.165) is 17.9 Å². The molecule has 2 N–H and O–H groups in total. The van der Waals surface area contributed by atoms with Crippen LogP contribution in [0.2, 0.25) is 0 Å². The number of nitrogens with two attached hydrogens (primary N) is 1. The molecule has 0 amide bonds. The normalized spacial score (nSPS) is 16.8. The molecule has 18 heavy (non-hydrogen) atoms. The predicted molar refractivity (Wildman–Crippen MR) is 67.3 cm³/mol. The smallest absolute Gasteiger partial charge is 0.146 e. The summed E-state index contributed by atoms with van der Waals surface area (Å²) in [5.41, 5.74) is 7.47. The van der Waals surface area contributed by atoms with Crippen molar-refractivity contribution < 1.29 is 13.9 Å². The molecule has 0 aliphatic heterocycles. The zero-order valence-corrected chi connectivity index (χ0v) is 10.7. The standard InChI is InChI=1S/C14H20FNO2/c1-17-9-18-8-12-5-4-11(7-13(12)15)14(16)6-10-2-3-10/h4-5,7,10,14H,2-3,6,8-9,16H2,1H3/t14-/m0/s1. The fourth-order valence-electron chi connectivity index (χ4n) is 1.99. The first-order chi connectivity index (χ1) is 8.70. The van der Waals surface area contributed by atoms with Gasteiger partial charge in [-0.3, -0.25) is 0 Å². The van der Waals surface area contributed by atoms with Crippen LogP contribution in [0.3, 0.4) is 0 Å². The van der Waals surface area contributed by atoms with E-state index in [-0.39, 0.29) is 25.3 Å². The van der Waals surface area contributed by atoms with Crippen molar-refractivity contribution in [1.82, 2.24) is 0 Å². The number of hydrogen-bond donors (Lipinski definition) is 1. The molecule has 0 radical (unpaired) electrons. The maximum absolute atomic E-state index is 13.8. The molecule has 1 saturated carbocycles. The summed E-state index contributed by atoms with van der Waals surface area (Å²) in [5.74, 6) is 0.489. The second-order valence-electron chi connectivity index (χ2n) is 4.89. The third-order valence-corrected chi connectivity index (χ3v) is 3.25. The molecule has 1 aliphatic carbocycles. The molecule has 0 heterocycles. The van der Waals surface area contributed by atoms with Crippen LogP contribution in [0.1, 0.15) is 36.4 Å². The Balaban J connectivity index is 1.94.